The molecule has 0 saturated carbocycles. The highest BCUT2D eigenvalue weighted by Crippen LogP contribution is 2.32. The number of hydrogen-bond donors (Lipinski definition) is 3. The van der Waals surface area contributed by atoms with Gasteiger partial charge in [-0.25, -0.2) is 4.98 Å². The van der Waals surface area contributed by atoms with Gasteiger partial charge in [-0.1, -0.05) is 11.3 Å². The molecule has 3 N–H and O–H groups in total. The van der Waals surface area contributed by atoms with Crippen LogP contribution in [0.1, 0.15) is 23.3 Å². The first-order chi connectivity index (χ1) is 13.2. The number of pyridine rings is 1. The minimum Gasteiger partial charge on any atom is -0.457 e. The van der Waals surface area contributed by atoms with Crippen LogP contribution < -0.4 is 20.7 Å². The smallest absolute Gasteiger partial charge is 0.269 e. The number of piperidine rings is 1. The second kappa shape index (κ2) is 7.89. The van der Waals surface area contributed by atoms with Gasteiger partial charge in [0.25, 0.3) is 5.91 Å². The van der Waals surface area contributed by atoms with Crippen LogP contribution >= 0.6 is 11.3 Å². The monoisotopic (exact) mass is 383 g/mol. The van der Waals surface area contributed by atoms with E-state index in [1.165, 1.54) is 6.42 Å². The van der Waals surface area contributed by atoms with Crippen LogP contribution in [0.4, 0.5) is 5.13 Å². The number of rotatable bonds is 5. The zero-order chi connectivity index (χ0) is 18.6. The number of amides is 1. The normalized spacial score (nSPS) is 16.9. The van der Waals surface area contributed by atoms with Crippen molar-refractivity contribution in [3.8, 4) is 11.5 Å². The van der Waals surface area contributed by atoms with Crippen LogP contribution in [-0.4, -0.2) is 42.1 Å². The molecule has 0 spiro atoms. The van der Waals surface area contributed by atoms with Crippen LogP contribution in [0.5, 0.6) is 11.5 Å². The van der Waals surface area contributed by atoms with Crippen molar-refractivity contribution in [2.45, 2.75) is 18.9 Å². The molecular weight excluding hydrogens is 362 g/mol. The fourth-order valence-corrected chi connectivity index (χ4v) is 4.01. The Hall–Kier alpha value is -2.71. The fraction of sp³-hybridized carbons (Fsp3) is 0.316. The average molecular weight is 383 g/mol. The standard InChI is InChI=1S/C19H21N5O2S/c1-20-18(25)16-9-14(6-8-22-16)26-13-4-5-15-17(10-13)27-19(24-15)23-12-3-2-7-21-11-12/h4-6,8-10,12,21H,2-3,7,11H2,1H3,(H,20,25)(H,23,24). The third kappa shape index (κ3) is 4.17. The lowest BCUT2D eigenvalue weighted by Crippen LogP contribution is -2.38. The summed E-state index contributed by atoms with van der Waals surface area (Å²) in [5.74, 6) is 1.02. The van der Waals surface area contributed by atoms with Crippen molar-refractivity contribution in [2.75, 3.05) is 25.5 Å². The van der Waals surface area contributed by atoms with Crippen molar-refractivity contribution in [3.05, 3.63) is 42.2 Å². The summed E-state index contributed by atoms with van der Waals surface area (Å²) in [6, 6.07) is 9.58. The van der Waals surface area contributed by atoms with Gasteiger partial charge in [-0.15, -0.1) is 0 Å². The second-order valence-corrected chi connectivity index (χ2v) is 7.42. The zero-order valence-electron chi connectivity index (χ0n) is 15.0. The topological polar surface area (TPSA) is 88.2 Å². The van der Waals surface area contributed by atoms with E-state index in [0.717, 1.165) is 34.9 Å². The largest absolute Gasteiger partial charge is 0.457 e. The van der Waals surface area contributed by atoms with Crippen molar-refractivity contribution in [3.63, 3.8) is 0 Å². The third-order valence-electron chi connectivity index (χ3n) is 4.41. The van der Waals surface area contributed by atoms with Crippen LogP contribution in [0.25, 0.3) is 10.2 Å². The third-order valence-corrected chi connectivity index (χ3v) is 5.36. The number of thiazole rings is 1. The van der Waals surface area contributed by atoms with Crippen molar-refractivity contribution >= 4 is 32.6 Å². The Morgan fingerprint density at radius 1 is 1.30 bits per heavy atom. The Balaban J connectivity index is 1.50. The molecule has 0 bridgehead atoms. The zero-order valence-corrected chi connectivity index (χ0v) is 15.8. The SMILES string of the molecule is CNC(=O)c1cc(Oc2ccc3nc(NC4CCCNC4)sc3c2)ccn1. The summed E-state index contributed by atoms with van der Waals surface area (Å²) in [5, 5.41) is 10.4. The second-order valence-electron chi connectivity index (χ2n) is 6.39. The van der Waals surface area contributed by atoms with E-state index >= 15 is 0 Å². The first-order valence-electron chi connectivity index (χ1n) is 8.95. The number of fused-ring (bicyclic) bond motifs is 1. The molecule has 4 rings (SSSR count). The Labute approximate surface area is 161 Å². The van der Waals surface area contributed by atoms with Crippen molar-refractivity contribution < 1.29 is 9.53 Å². The molecule has 8 heteroatoms. The van der Waals surface area contributed by atoms with Gasteiger partial charge in [-0.3, -0.25) is 9.78 Å². The molecule has 0 aliphatic carbocycles. The van der Waals surface area contributed by atoms with E-state index in [1.54, 1.807) is 36.7 Å². The maximum Gasteiger partial charge on any atom is 0.269 e. The van der Waals surface area contributed by atoms with Gasteiger partial charge in [0.05, 0.1) is 10.2 Å². The molecule has 1 fully saturated rings. The van der Waals surface area contributed by atoms with Crippen LogP contribution in [0.3, 0.4) is 0 Å². The molecule has 1 atom stereocenters. The lowest BCUT2D eigenvalue weighted by Gasteiger charge is -2.23. The van der Waals surface area contributed by atoms with Crippen LogP contribution in [0, 0.1) is 0 Å². The Bertz CT molecular complexity index is 952. The van der Waals surface area contributed by atoms with Gasteiger partial charge in [-0.2, -0.15) is 0 Å². The van der Waals surface area contributed by atoms with Gasteiger partial charge in [0.1, 0.15) is 17.2 Å². The van der Waals surface area contributed by atoms with Crippen molar-refractivity contribution in [2.24, 2.45) is 0 Å². The fourth-order valence-electron chi connectivity index (χ4n) is 3.04. The number of carbonyl (C=O) groups excluding carboxylic acids is 1. The number of carbonyl (C=O) groups is 1. The summed E-state index contributed by atoms with van der Waals surface area (Å²) in [6.07, 6.45) is 3.91. The summed E-state index contributed by atoms with van der Waals surface area (Å²) in [7, 11) is 1.57. The average Bonchev–Trinajstić information content (AvgIpc) is 3.10. The molecular formula is C19H21N5O2S. The Morgan fingerprint density at radius 2 is 2.19 bits per heavy atom. The number of anilines is 1. The summed E-state index contributed by atoms with van der Waals surface area (Å²) >= 11 is 1.62. The maximum atomic E-state index is 11.7. The van der Waals surface area contributed by atoms with E-state index in [0.29, 0.717) is 23.2 Å². The number of hydrogen-bond acceptors (Lipinski definition) is 7. The molecule has 3 heterocycles. The van der Waals surface area contributed by atoms with Crippen LogP contribution in [-0.2, 0) is 0 Å². The highest BCUT2D eigenvalue weighted by atomic mass is 32.1. The molecule has 1 aliphatic rings. The molecule has 0 radical (unpaired) electrons. The van der Waals surface area contributed by atoms with Crippen molar-refractivity contribution in [1.29, 1.82) is 0 Å². The van der Waals surface area contributed by atoms with Gasteiger partial charge in [0.15, 0.2) is 5.13 Å². The maximum absolute atomic E-state index is 11.7. The van der Waals surface area contributed by atoms with E-state index in [1.807, 2.05) is 18.2 Å². The highest BCUT2D eigenvalue weighted by Gasteiger charge is 2.15. The van der Waals surface area contributed by atoms with Crippen molar-refractivity contribution in [1.82, 2.24) is 20.6 Å². The number of aromatic nitrogens is 2. The van der Waals surface area contributed by atoms with E-state index < -0.39 is 0 Å². The quantitative estimate of drug-likeness (QED) is 0.628. The predicted molar refractivity (Wildman–Crippen MR) is 107 cm³/mol. The molecule has 7 nitrogen and oxygen atoms in total. The number of benzene rings is 1. The van der Waals surface area contributed by atoms with Crippen LogP contribution in [0.15, 0.2) is 36.5 Å². The Morgan fingerprint density at radius 3 is 3.00 bits per heavy atom. The van der Waals surface area contributed by atoms with E-state index in [-0.39, 0.29) is 5.91 Å². The van der Waals surface area contributed by atoms with Gasteiger partial charge in [0, 0.05) is 38.0 Å². The molecule has 27 heavy (non-hydrogen) atoms. The number of ether oxygens (including phenoxy) is 1. The first-order valence-corrected chi connectivity index (χ1v) is 9.77. The minimum absolute atomic E-state index is 0.244. The van der Waals surface area contributed by atoms with E-state index in [4.69, 9.17) is 4.74 Å². The summed E-state index contributed by atoms with van der Waals surface area (Å²) < 4.78 is 6.96. The summed E-state index contributed by atoms with van der Waals surface area (Å²) in [5.41, 5.74) is 1.26. The molecule has 1 aliphatic heterocycles. The highest BCUT2D eigenvalue weighted by molar-refractivity contribution is 7.22. The van der Waals surface area contributed by atoms with E-state index in [9.17, 15) is 4.79 Å². The molecule has 1 amide bonds. The number of nitrogens with one attached hydrogen (secondary N) is 3. The molecule has 2 aromatic heterocycles. The summed E-state index contributed by atoms with van der Waals surface area (Å²) in [6.45, 7) is 2.06. The van der Waals surface area contributed by atoms with Gasteiger partial charge >= 0.3 is 0 Å². The molecule has 1 saturated heterocycles. The van der Waals surface area contributed by atoms with Crippen LogP contribution in [0.2, 0.25) is 0 Å². The molecule has 140 valence electrons. The first kappa shape index (κ1) is 17.7. The molecule has 1 unspecified atom stereocenters. The van der Waals surface area contributed by atoms with Gasteiger partial charge < -0.3 is 20.7 Å². The summed E-state index contributed by atoms with van der Waals surface area (Å²) in [4.78, 5) is 20.4. The number of nitrogens with zero attached hydrogens (tertiary/aromatic N) is 2. The van der Waals surface area contributed by atoms with Gasteiger partial charge in [0.2, 0.25) is 0 Å². The predicted octanol–water partition coefficient (Wildman–Crippen LogP) is 3.01. The molecule has 1 aromatic carbocycles. The molecule has 3 aromatic rings. The van der Waals surface area contributed by atoms with E-state index in [2.05, 4.69) is 25.9 Å². The lowest BCUT2D eigenvalue weighted by atomic mass is 10.1. The Kier molecular flexibility index (Phi) is 5.17. The van der Waals surface area contributed by atoms with Gasteiger partial charge in [-0.05, 0) is 37.6 Å². The minimum atomic E-state index is -0.244. The lowest BCUT2D eigenvalue weighted by molar-refractivity contribution is 0.0958.